The van der Waals surface area contributed by atoms with Crippen LogP contribution in [0.2, 0.25) is 0 Å². The van der Waals surface area contributed by atoms with E-state index in [0.29, 0.717) is 17.5 Å². The molecule has 88 heavy (non-hydrogen) atoms. The Morgan fingerprint density at radius 1 is 0.182 bits per heavy atom. The van der Waals surface area contributed by atoms with Crippen LogP contribution >= 0.6 is 0 Å². The molecule has 0 radical (unpaired) electrons. The number of fused-ring (bicyclic) bond motifs is 12. The van der Waals surface area contributed by atoms with Gasteiger partial charge in [0.25, 0.3) is 0 Å². The van der Waals surface area contributed by atoms with E-state index in [1.54, 1.807) is 0 Å². The van der Waals surface area contributed by atoms with Crippen molar-refractivity contribution in [1.29, 1.82) is 0 Å². The van der Waals surface area contributed by atoms with E-state index in [1.165, 1.54) is 54.4 Å². The van der Waals surface area contributed by atoms with Gasteiger partial charge in [0.05, 0.1) is 44.1 Å². The van der Waals surface area contributed by atoms with E-state index in [9.17, 15) is 0 Å². The molecule has 0 fully saturated rings. The Morgan fingerprint density at radius 2 is 0.477 bits per heavy atom. The zero-order chi connectivity index (χ0) is 57.8. The van der Waals surface area contributed by atoms with Crippen molar-refractivity contribution in [2.75, 3.05) is 0 Å². The summed E-state index contributed by atoms with van der Waals surface area (Å²) >= 11 is 0. The summed E-state index contributed by atoms with van der Waals surface area (Å²) in [5.74, 6) is 1.79. The molecule has 0 amide bonds. The van der Waals surface area contributed by atoms with Crippen molar-refractivity contribution in [3.8, 4) is 79.2 Å². The fourth-order valence-corrected chi connectivity index (χ4v) is 14.0. The maximum atomic E-state index is 5.42. The van der Waals surface area contributed by atoms with Gasteiger partial charge in [-0.3, -0.25) is 0 Å². The van der Waals surface area contributed by atoms with Crippen LogP contribution in [0.25, 0.3) is 166 Å². The van der Waals surface area contributed by atoms with E-state index < -0.39 is 0 Å². The Labute approximate surface area is 506 Å². The molecule has 0 aliphatic carbocycles. The first-order valence-corrected chi connectivity index (χ1v) is 29.9. The molecule has 0 N–H and O–H groups in total. The maximum absolute atomic E-state index is 5.42. The molecule has 7 nitrogen and oxygen atoms in total. The van der Waals surface area contributed by atoms with E-state index in [0.717, 1.165) is 94.5 Å². The molecule has 0 spiro atoms. The highest BCUT2D eigenvalue weighted by Crippen LogP contribution is 2.44. The minimum absolute atomic E-state index is 0.592. The van der Waals surface area contributed by atoms with Gasteiger partial charge in [-0.15, -0.1) is 0 Å². The normalized spacial score (nSPS) is 11.9. The van der Waals surface area contributed by atoms with E-state index >= 15 is 0 Å². The van der Waals surface area contributed by atoms with E-state index in [-0.39, 0.29) is 0 Å². The summed E-state index contributed by atoms with van der Waals surface area (Å²) in [6, 6.07) is 111. The average Bonchev–Trinajstić information content (AvgIpc) is 1.77. The van der Waals surface area contributed by atoms with Gasteiger partial charge >= 0.3 is 0 Å². The highest BCUT2D eigenvalue weighted by Gasteiger charge is 2.23. The van der Waals surface area contributed by atoms with Gasteiger partial charge in [0.2, 0.25) is 0 Å². The molecule has 13 aromatic carbocycles. The Hall–Kier alpha value is -11.9. The molecule has 0 aliphatic rings. The maximum Gasteiger partial charge on any atom is 0.164 e. The Kier molecular flexibility index (Phi) is 11.2. The van der Waals surface area contributed by atoms with Crippen molar-refractivity contribution in [3.05, 3.63) is 309 Å². The summed E-state index contributed by atoms with van der Waals surface area (Å²) in [7, 11) is 0. The second-order valence-corrected chi connectivity index (χ2v) is 22.7. The number of aromatic nitrogens is 7. The van der Waals surface area contributed by atoms with Gasteiger partial charge in [-0.05, 0) is 131 Å². The SMILES string of the molecule is c1ccc(-c2nc(-c3cccc(-c4cccc5c4c4cc(-n6c7ccccc7c7ccccc76)ccc4n5-c4ccccc4)c3)nc(-c3cccc(-c4cccc5c4c4cc(-n6c7ccccc7c7ccccc76)ccc4n5-c4ccccc4)c3)n2)cc1. The number of hydrogen-bond donors (Lipinski definition) is 0. The monoisotopic (exact) mass is 1120 g/mol. The van der Waals surface area contributed by atoms with Crippen LogP contribution in [-0.2, 0) is 0 Å². The van der Waals surface area contributed by atoms with Crippen LogP contribution in [0.3, 0.4) is 0 Å². The minimum Gasteiger partial charge on any atom is -0.309 e. The molecular weight excluding hydrogens is 1070 g/mol. The molecule has 0 unspecified atom stereocenters. The molecule has 0 atom stereocenters. The number of rotatable bonds is 9. The van der Waals surface area contributed by atoms with Gasteiger partial charge in [0.1, 0.15) is 0 Å². The first-order valence-electron chi connectivity index (χ1n) is 29.9. The summed E-state index contributed by atoms with van der Waals surface area (Å²) in [6.45, 7) is 0. The Morgan fingerprint density at radius 3 is 0.886 bits per heavy atom. The third-order valence-electron chi connectivity index (χ3n) is 17.8. The lowest BCUT2D eigenvalue weighted by Gasteiger charge is -2.12. The predicted molar refractivity (Wildman–Crippen MR) is 364 cm³/mol. The topological polar surface area (TPSA) is 58.4 Å². The van der Waals surface area contributed by atoms with Crippen LogP contribution in [0.5, 0.6) is 0 Å². The van der Waals surface area contributed by atoms with E-state index in [1.807, 2.05) is 18.2 Å². The highest BCUT2D eigenvalue weighted by atomic mass is 15.0. The number of nitrogens with zero attached hydrogens (tertiary/aromatic N) is 7. The van der Waals surface area contributed by atoms with Crippen molar-refractivity contribution in [2.24, 2.45) is 0 Å². The standard InChI is InChI=1S/C81H51N7/c1-4-22-52(23-5-1)79-82-80(55-26-18-24-53(48-55)61-36-20-42-75-77(61)67-50-59(44-46-73(67)85(75)57-28-6-2-7-29-57)87-69-38-14-10-32-63(69)64-33-11-15-39-70(64)87)84-81(83-79)56-27-19-25-54(49-56)62-37-21-43-76-78(62)68-51-60(45-47-74(68)86(76)58-30-8-3-9-31-58)88-71-40-16-12-34-65(71)66-35-13-17-41-72(66)88/h1-51H. The molecule has 410 valence electrons. The highest BCUT2D eigenvalue weighted by molar-refractivity contribution is 6.19. The summed E-state index contributed by atoms with van der Waals surface area (Å²) in [4.78, 5) is 16.0. The van der Waals surface area contributed by atoms with Gasteiger partial charge in [0.15, 0.2) is 17.5 Å². The number of para-hydroxylation sites is 6. The van der Waals surface area contributed by atoms with Crippen LogP contribution in [-0.4, -0.2) is 33.2 Å². The van der Waals surface area contributed by atoms with Gasteiger partial charge in [-0.1, -0.05) is 200 Å². The van der Waals surface area contributed by atoms with Crippen LogP contribution in [0.1, 0.15) is 0 Å². The largest absolute Gasteiger partial charge is 0.309 e. The fraction of sp³-hybridized carbons (Fsp3) is 0. The molecule has 0 saturated carbocycles. The first kappa shape index (κ1) is 49.5. The van der Waals surface area contributed by atoms with E-state index in [2.05, 4.69) is 309 Å². The average molecular weight is 1120 g/mol. The van der Waals surface area contributed by atoms with Gasteiger partial charge in [0, 0.05) is 82.5 Å². The first-order chi connectivity index (χ1) is 43.7. The smallest absolute Gasteiger partial charge is 0.164 e. The van der Waals surface area contributed by atoms with Crippen molar-refractivity contribution in [2.45, 2.75) is 0 Å². The number of hydrogen-bond acceptors (Lipinski definition) is 3. The lowest BCUT2D eigenvalue weighted by Crippen LogP contribution is -2.00. The van der Waals surface area contributed by atoms with Gasteiger partial charge in [-0.25, -0.2) is 15.0 Å². The Balaban J connectivity index is 0.800. The summed E-state index contributed by atoms with van der Waals surface area (Å²) in [5.41, 5.74) is 20.7. The Bertz CT molecular complexity index is 5370. The third kappa shape index (κ3) is 7.74. The quantitative estimate of drug-likeness (QED) is 0.145. The van der Waals surface area contributed by atoms with Crippen LogP contribution in [0, 0.1) is 0 Å². The van der Waals surface area contributed by atoms with Gasteiger partial charge < -0.3 is 18.3 Å². The minimum atomic E-state index is 0.592. The molecule has 5 aromatic heterocycles. The predicted octanol–water partition coefficient (Wildman–Crippen LogP) is 20.6. The lowest BCUT2D eigenvalue weighted by atomic mass is 9.97. The fourth-order valence-electron chi connectivity index (χ4n) is 14.0. The third-order valence-corrected chi connectivity index (χ3v) is 17.8. The summed E-state index contributed by atoms with van der Waals surface area (Å²) < 4.78 is 9.62. The zero-order valence-electron chi connectivity index (χ0n) is 47.6. The van der Waals surface area contributed by atoms with Crippen LogP contribution in [0.4, 0.5) is 0 Å². The van der Waals surface area contributed by atoms with Crippen molar-refractivity contribution >= 4 is 87.2 Å². The van der Waals surface area contributed by atoms with E-state index in [4.69, 9.17) is 15.0 Å². The molecule has 0 saturated heterocycles. The van der Waals surface area contributed by atoms with Crippen LogP contribution < -0.4 is 0 Å². The second-order valence-electron chi connectivity index (χ2n) is 22.7. The molecule has 7 heteroatoms. The zero-order valence-corrected chi connectivity index (χ0v) is 47.6. The molecule has 18 rings (SSSR count). The number of benzene rings is 13. The molecule has 0 aliphatic heterocycles. The van der Waals surface area contributed by atoms with Crippen molar-refractivity contribution in [3.63, 3.8) is 0 Å². The lowest BCUT2D eigenvalue weighted by molar-refractivity contribution is 1.07. The molecule has 5 heterocycles. The van der Waals surface area contributed by atoms with Crippen molar-refractivity contribution < 1.29 is 0 Å². The van der Waals surface area contributed by atoms with Crippen molar-refractivity contribution in [1.82, 2.24) is 33.2 Å². The van der Waals surface area contributed by atoms with Crippen LogP contribution in [0.15, 0.2) is 309 Å². The molecular formula is C81H51N7. The summed E-state index contributed by atoms with van der Waals surface area (Å²) in [5, 5.41) is 9.61. The molecule has 0 bridgehead atoms. The van der Waals surface area contributed by atoms with Gasteiger partial charge in [-0.2, -0.15) is 0 Å². The second kappa shape index (κ2) is 19.8. The summed E-state index contributed by atoms with van der Waals surface area (Å²) in [6.07, 6.45) is 0. The molecule has 18 aromatic rings.